The highest BCUT2D eigenvalue weighted by atomic mass is 79.9. The quantitative estimate of drug-likeness (QED) is 0.792. The first-order chi connectivity index (χ1) is 7.07. The molecular weight excluding hydrogens is 286 g/mol. The van der Waals surface area contributed by atoms with Crippen LogP contribution in [0.3, 0.4) is 0 Å². The smallest absolute Gasteiger partial charge is 0.228 e. The van der Waals surface area contributed by atoms with Gasteiger partial charge in [0.1, 0.15) is 16.4 Å². The molecule has 0 aromatic heterocycles. The summed E-state index contributed by atoms with van der Waals surface area (Å²) in [6.07, 6.45) is 0. The van der Waals surface area contributed by atoms with Gasteiger partial charge in [0.05, 0.1) is 5.02 Å². The Hall–Kier alpha value is -0.610. The van der Waals surface area contributed by atoms with Crippen LogP contribution in [0.15, 0.2) is 18.2 Å². The molecule has 0 aliphatic heterocycles. The predicted molar refractivity (Wildman–Crippen MR) is 60.4 cm³/mol. The lowest BCUT2D eigenvalue weighted by atomic mass is 10.1. The van der Waals surface area contributed by atoms with Gasteiger partial charge in [0.15, 0.2) is 0 Å². The molecule has 5 heteroatoms. The molecule has 0 amide bonds. The zero-order valence-corrected chi connectivity index (χ0v) is 10.3. The van der Waals surface area contributed by atoms with Crippen molar-refractivity contribution < 1.29 is 13.9 Å². The Morgan fingerprint density at radius 1 is 1.67 bits per heavy atom. The molecule has 1 aromatic rings. The molecule has 1 aromatic carbocycles. The fraction of sp³-hybridized carbons (Fsp3) is 0.300. The summed E-state index contributed by atoms with van der Waals surface area (Å²) in [6.45, 7) is 0.452. The molecule has 1 atom stereocenters. The van der Waals surface area contributed by atoms with E-state index in [0.29, 0.717) is 5.56 Å². The van der Waals surface area contributed by atoms with Gasteiger partial charge < -0.3 is 4.74 Å². The highest BCUT2D eigenvalue weighted by Crippen LogP contribution is 2.36. The van der Waals surface area contributed by atoms with Crippen molar-refractivity contribution in [3.05, 3.63) is 28.8 Å². The number of alkyl halides is 2. The van der Waals surface area contributed by atoms with Gasteiger partial charge in [-0.2, -0.15) is 0 Å². The van der Waals surface area contributed by atoms with Crippen LogP contribution in [-0.4, -0.2) is 12.6 Å². The lowest BCUT2D eigenvalue weighted by Crippen LogP contribution is -2.04. The van der Waals surface area contributed by atoms with Crippen molar-refractivity contribution in [1.82, 2.24) is 0 Å². The minimum Gasteiger partial charge on any atom is -0.461 e. The number of rotatable bonds is 4. The largest absolute Gasteiger partial charge is 0.461 e. The maximum Gasteiger partial charge on any atom is 0.228 e. The Kier molecular flexibility index (Phi) is 4.54. The molecule has 0 saturated carbocycles. The van der Waals surface area contributed by atoms with Gasteiger partial charge in [-0.25, -0.2) is 4.39 Å². The molecule has 0 saturated heterocycles. The van der Waals surface area contributed by atoms with Crippen LogP contribution in [-0.2, 0) is 4.79 Å². The molecule has 15 heavy (non-hydrogen) atoms. The number of para-hydroxylation sites is 1. The second kappa shape index (κ2) is 5.47. The van der Waals surface area contributed by atoms with E-state index >= 15 is 0 Å². The normalized spacial score (nSPS) is 12.3. The molecule has 0 fully saturated rings. The predicted octanol–water partition coefficient (Wildman–Crippen LogP) is 3.67. The van der Waals surface area contributed by atoms with E-state index in [2.05, 4.69) is 15.9 Å². The zero-order valence-electron chi connectivity index (χ0n) is 7.97. The number of halogens is 3. The molecule has 2 nitrogen and oxygen atoms in total. The van der Waals surface area contributed by atoms with Crippen LogP contribution in [0.4, 0.5) is 4.39 Å². The Morgan fingerprint density at radius 2 is 2.33 bits per heavy atom. The first kappa shape index (κ1) is 12.5. The van der Waals surface area contributed by atoms with Crippen LogP contribution in [0.25, 0.3) is 0 Å². The first-order valence-electron chi connectivity index (χ1n) is 4.19. The minimum absolute atomic E-state index is 0.0963. The zero-order chi connectivity index (χ0) is 11.4. The fourth-order valence-corrected chi connectivity index (χ4v) is 1.75. The molecule has 0 heterocycles. The van der Waals surface area contributed by atoms with Crippen molar-refractivity contribution in [2.24, 2.45) is 0 Å². The monoisotopic (exact) mass is 294 g/mol. The van der Waals surface area contributed by atoms with Gasteiger partial charge in [0.2, 0.25) is 6.86 Å². The van der Waals surface area contributed by atoms with Crippen molar-refractivity contribution in [3.8, 4) is 5.75 Å². The van der Waals surface area contributed by atoms with Crippen molar-refractivity contribution >= 4 is 33.3 Å². The molecule has 82 valence electrons. The Bertz CT molecular complexity index is 370. The lowest BCUT2D eigenvalue weighted by Gasteiger charge is -2.13. The van der Waals surface area contributed by atoms with E-state index in [1.165, 1.54) is 6.92 Å². The number of hydrogen-bond donors (Lipinski definition) is 0. The van der Waals surface area contributed by atoms with Crippen molar-refractivity contribution in [1.29, 1.82) is 0 Å². The SMILES string of the molecule is CC(=O)C(Br)c1cccc(Cl)c1OCF. The van der Waals surface area contributed by atoms with Crippen molar-refractivity contribution in [2.75, 3.05) is 6.86 Å². The van der Waals surface area contributed by atoms with Crippen LogP contribution < -0.4 is 4.74 Å². The highest BCUT2D eigenvalue weighted by molar-refractivity contribution is 9.09. The van der Waals surface area contributed by atoms with E-state index in [1.54, 1.807) is 18.2 Å². The average molecular weight is 296 g/mol. The molecule has 0 spiro atoms. The van der Waals surface area contributed by atoms with E-state index in [4.69, 9.17) is 16.3 Å². The number of benzene rings is 1. The van der Waals surface area contributed by atoms with Gasteiger partial charge in [-0.3, -0.25) is 4.79 Å². The molecule has 0 bridgehead atoms. The Morgan fingerprint density at radius 3 is 2.87 bits per heavy atom. The van der Waals surface area contributed by atoms with Gasteiger partial charge >= 0.3 is 0 Å². The van der Waals surface area contributed by atoms with E-state index in [9.17, 15) is 9.18 Å². The van der Waals surface area contributed by atoms with Crippen LogP contribution in [0.2, 0.25) is 5.02 Å². The Labute approximate surface area is 101 Å². The van der Waals surface area contributed by atoms with Gasteiger partial charge in [0, 0.05) is 5.56 Å². The second-order valence-electron chi connectivity index (χ2n) is 2.88. The summed E-state index contributed by atoms with van der Waals surface area (Å²) in [4.78, 5) is 10.6. The number of Topliss-reactive ketones (excluding diaryl/α,β-unsaturated/α-hetero) is 1. The van der Waals surface area contributed by atoms with Crippen molar-refractivity contribution in [3.63, 3.8) is 0 Å². The number of carbonyl (C=O) groups excluding carboxylic acids is 1. The first-order valence-corrected chi connectivity index (χ1v) is 5.49. The molecule has 1 rings (SSSR count). The third-order valence-corrected chi connectivity index (χ3v) is 3.26. The van der Waals surface area contributed by atoms with Gasteiger partial charge in [-0.05, 0) is 13.0 Å². The average Bonchev–Trinajstić information content (AvgIpc) is 2.20. The molecular formula is C10H9BrClFO2. The molecule has 0 aliphatic carbocycles. The van der Waals surface area contributed by atoms with Crippen LogP contribution in [0, 0.1) is 0 Å². The summed E-state index contributed by atoms with van der Waals surface area (Å²) in [5.41, 5.74) is 0.535. The number of ketones is 1. The molecule has 1 unspecified atom stereocenters. The molecule has 0 radical (unpaired) electrons. The van der Waals surface area contributed by atoms with E-state index < -0.39 is 11.7 Å². The standard InChI is InChI=1S/C10H9BrClFO2/c1-6(14)9(11)7-3-2-4-8(12)10(7)15-5-13/h2-4,9H,5H2,1H3. The summed E-state index contributed by atoms with van der Waals surface area (Å²) in [6, 6.07) is 4.92. The second-order valence-corrected chi connectivity index (χ2v) is 4.21. The summed E-state index contributed by atoms with van der Waals surface area (Å²) in [5.74, 6) is 0.111. The third kappa shape index (κ3) is 2.92. The third-order valence-electron chi connectivity index (χ3n) is 1.83. The summed E-state index contributed by atoms with van der Waals surface area (Å²) >= 11 is 9.03. The van der Waals surface area contributed by atoms with E-state index in [-0.39, 0.29) is 16.6 Å². The fourth-order valence-electron chi connectivity index (χ4n) is 1.15. The van der Waals surface area contributed by atoms with Gasteiger partial charge in [-0.1, -0.05) is 39.7 Å². The van der Waals surface area contributed by atoms with E-state index in [1.807, 2.05) is 0 Å². The highest BCUT2D eigenvalue weighted by Gasteiger charge is 2.19. The van der Waals surface area contributed by atoms with Crippen LogP contribution in [0.1, 0.15) is 17.3 Å². The lowest BCUT2D eigenvalue weighted by molar-refractivity contribution is -0.116. The van der Waals surface area contributed by atoms with E-state index in [0.717, 1.165) is 0 Å². The maximum absolute atomic E-state index is 12.1. The molecule has 0 aliphatic rings. The summed E-state index contributed by atoms with van der Waals surface area (Å²) in [7, 11) is 0. The Balaban J connectivity index is 3.15. The van der Waals surface area contributed by atoms with Gasteiger partial charge in [-0.15, -0.1) is 0 Å². The minimum atomic E-state index is -0.978. The van der Waals surface area contributed by atoms with Crippen LogP contribution in [0.5, 0.6) is 5.75 Å². The van der Waals surface area contributed by atoms with Gasteiger partial charge in [0.25, 0.3) is 0 Å². The number of ether oxygens (including phenoxy) is 1. The van der Waals surface area contributed by atoms with Crippen molar-refractivity contribution in [2.45, 2.75) is 11.8 Å². The number of hydrogen-bond acceptors (Lipinski definition) is 2. The maximum atomic E-state index is 12.1. The number of carbonyl (C=O) groups is 1. The topological polar surface area (TPSA) is 26.3 Å². The summed E-state index contributed by atoms with van der Waals surface area (Å²) < 4.78 is 16.9. The van der Waals surface area contributed by atoms with Crippen LogP contribution >= 0.6 is 27.5 Å². The molecule has 0 N–H and O–H groups in total. The summed E-state index contributed by atoms with van der Waals surface area (Å²) in [5, 5.41) is 0.288.